The molecule has 1 aliphatic rings. The fourth-order valence-electron chi connectivity index (χ4n) is 1.47. The van der Waals surface area contributed by atoms with E-state index >= 15 is 0 Å². The molecular weight excluding hydrogens is 190 g/mol. The van der Waals surface area contributed by atoms with Gasteiger partial charge in [-0.1, -0.05) is 32.8 Å². The van der Waals surface area contributed by atoms with Crippen LogP contribution in [0.4, 0.5) is 0 Å². The number of hydrogen-bond acceptors (Lipinski definition) is 2. The molecule has 1 nitrogen and oxygen atoms in total. The molecule has 0 aromatic heterocycles. The van der Waals surface area contributed by atoms with E-state index in [1.807, 2.05) is 11.9 Å². The summed E-state index contributed by atoms with van der Waals surface area (Å²) in [7, 11) is 0. The van der Waals surface area contributed by atoms with E-state index in [9.17, 15) is 0 Å². The van der Waals surface area contributed by atoms with Crippen molar-refractivity contribution in [2.24, 2.45) is 0 Å². The third kappa shape index (κ3) is 3.79. The van der Waals surface area contributed by atoms with E-state index < -0.39 is 0 Å². The smallest absolute Gasteiger partial charge is 0.0295 e. The average molecular weight is 211 g/mol. The van der Waals surface area contributed by atoms with Gasteiger partial charge in [0.25, 0.3) is 0 Å². The van der Waals surface area contributed by atoms with Crippen LogP contribution in [0, 0.1) is 0 Å². The molecule has 0 saturated heterocycles. The highest BCUT2D eigenvalue weighted by atomic mass is 32.2. The van der Waals surface area contributed by atoms with E-state index in [-0.39, 0.29) is 0 Å². The summed E-state index contributed by atoms with van der Waals surface area (Å²) in [5.41, 5.74) is 1.51. The van der Waals surface area contributed by atoms with Gasteiger partial charge in [-0.3, -0.25) is 0 Å². The van der Waals surface area contributed by atoms with Crippen molar-refractivity contribution in [1.29, 1.82) is 0 Å². The van der Waals surface area contributed by atoms with Crippen LogP contribution in [0.1, 0.15) is 46.0 Å². The van der Waals surface area contributed by atoms with Gasteiger partial charge in [0.2, 0.25) is 0 Å². The lowest BCUT2D eigenvalue weighted by atomic mass is 10.2. The molecule has 1 heterocycles. The van der Waals surface area contributed by atoms with Gasteiger partial charge in [-0.15, -0.1) is 0 Å². The summed E-state index contributed by atoms with van der Waals surface area (Å²) in [5, 5.41) is 2.17. The minimum atomic E-state index is 1.20. The van der Waals surface area contributed by atoms with Crippen molar-refractivity contribution in [2.45, 2.75) is 46.0 Å². The van der Waals surface area contributed by atoms with E-state index in [4.69, 9.17) is 0 Å². The molecule has 0 atom stereocenters. The molecule has 1 aliphatic heterocycles. The maximum Gasteiger partial charge on any atom is 0.0295 e. The van der Waals surface area contributed by atoms with Crippen LogP contribution >= 0.6 is 11.9 Å². The second kappa shape index (κ2) is 6.99. The lowest BCUT2D eigenvalue weighted by Gasteiger charge is -2.26. The molecule has 0 aromatic carbocycles. The highest BCUT2D eigenvalue weighted by Gasteiger charge is 2.09. The van der Waals surface area contributed by atoms with Gasteiger partial charge in [-0.2, -0.15) is 0 Å². The van der Waals surface area contributed by atoms with Crippen molar-refractivity contribution in [3.05, 3.63) is 23.3 Å². The van der Waals surface area contributed by atoms with Gasteiger partial charge in [0.15, 0.2) is 0 Å². The van der Waals surface area contributed by atoms with Crippen molar-refractivity contribution in [3.63, 3.8) is 0 Å². The van der Waals surface area contributed by atoms with Crippen LogP contribution in [0.5, 0.6) is 0 Å². The molecule has 0 bridgehead atoms. The van der Waals surface area contributed by atoms with Crippen molar-refractivity contribution >= 4 is 11.9 Å². The Hall–Kier alpha value is -0.370. The maximum absolute atomic E-state index is 2.44. The highest BCUT2D eigenvalue weighted by Crippen LogP contribution is 2.26. The van der Waals surface area contributed by atoms with E-state index in [1.165, 1.54) is 44.3 Å². The lowest BCUT2D eigenvalue weighted by molar-refractivity contribution is 0.513. The zero-order valence-corrected chi connectivity index (χ0v) is 10.1. The quantitative estimate of drug-likeness (QED) is 0.601. The van der Waals surface area contributed by atoms with Crippen LogP contribution in [0.25, 0.3) is 0 Å². The first kappa shape index (κ1) is 11.7. The topological polar surface area (TPSA) is 3.24 Å². The molecule has 0 spiro atoms. The monoisotopic (exact) mass is 211 g/mol. The minimum Gasteiger partial charge on any atom is -0.317 e. The fourth-order valence-corrected chi connectivity index (χ4v) is 2.29. The molecule has 2 heteroatoms. The van der Waals surface area contributed by atoms with Crippen molar-refractivity contribution in [2.75, 3.05) is 6.54 Å². The first-order valence-electron chi connectivity index (χ1n) is 5.68. The Labute approximate surface area is 92.4 Å². The summed E-state index contributed by atoms with van der Waals surface area (Å²) >= 11 is 1.85. The molecule has 0 saturated carbocycles. The van der Waals surface area contributed by atoms with Gasteiger partial charge in [-0.05, 0) is 42.7 Å². The van der Waals surface area contributed by atoms with E-state index in [1.54, 1.807) is 0 Å². The third-order valence-corrected chi connectivity index (χ3v) is 3.33. The number of allylic oxidation sites excluding steroid dienone is 3. The van der Waals surface area contributed by atoms with Gasteiger partial charge in [0.1, 0.15) is 0 Å². The Morgan fingerprint density at radius 2 is 2.00 bits per heavy atom. The zero-order valence-electron chi connectivity index (χ0n) is 9.33. The number of hydrogen-bond donors (Lipinski definition) is 0. The molecule has 0 unspecified atom stereocenters. The summed E-state index contributed by atoms with van der Waals surface area (Å²) in [6.45, 7) is 5.70. The zero-order chi connectivity index (χ0) is 10.2. The third-order valence-electron chi connectivity index (χ3n) is 2.38. The Balaban J connectivity index is 2.40. The van der Waals surface area contributed by atoms with Gasteiger partial charge < -0.3 is 4.31 Å². The molecule has 0 aliphatic carbocycles. The molecule has 1 rings (SSSR count). The summed E-state index contributed by atoms with van der Waals surface area (Å²) in [4.78, 5) is 0. The van der Waals surface area contributed by atoms with Crippen molar-refractivity contribution in [3.8, 4) is 0 Å². The SMILES string of the molecule is CCCCC1=CC=CSN1CCCC. The predicted octanol–water partition coefficient (Wildman–Crippen LogP) is 4.34. The van der Waals surface area contributed by atoms with Gasteiger partial charge in [0.05, 0.1) is 0 Å². The Morgan fingerprint density at radius 3 is 2.71 bits per heavy atom. The van der Waals surface area contributed by atoms with Crippen LogP contribution in [-0.2, 0) is 0 Å². The van der Waals surface area contributed by atoms with E-state index in [0.717, 1.165) is 0 Å². The summed E-state index contributed by atoms with van der Waals surface area (Å²) < 4.78 is 2.44. The minimum absolute atomic E-state index is 1.20. The first-order valence-corrected chi connectivity index (χ1v) is 6.52. The first-order chi connectivity index (χ1) is 6.88. The summed E-state index contributed by atoms with van der Waals surface area (Å²) in [6.07, 6.45) is 10.8. The second-order valence-corrected chi connectivity index (χ2v) is 4.57. The van der Waals surface area contributed by atoms with Crippen LogP contribution in [0.3, 0.4) is 0 Å². The molecule has 0 amide bonds. The van der Waals surface area contributed by atoms with E-state index in [2.05, 4.69) is 35.7 Å². The van der Waals surface area contributed by atoms with Gasteiger partial charge in [0, 0.05) is 12.2 Å². The Morgan fingerprint density at radius 1 is 1.21 bits per heavy atom. The second-order valence-electron chi connectivity index (χ2n) is 3.65. The van der Waals surface area contributed by atoms with Crippen LogP contribution < -0.4 is 0 Å². The van der Waals surface area contributed by atoms with Gasteiger partial charge >= 0.3 is 0 Å². The molecule has 80 valence electrons. The van der Waals surface area contributed by atoms with Crippen LogP contribution in [0.15, 0.2) is 23.3 Å². The normalized spacial score (nSPS) is 15.9. The Kier molecular flexibility index (Phi) is 5.85. The number of unbranched alkanes of at least 4 members (excludes halogenated alkanes) is 2. The largest absolute Gasteiger partial charge is 0.317 e. The summed E-state index contributed by atoms with van der Waals surface area (Å²) in [6, 6.07) is 0. The molecule has 0 aromatic rings. The average Bonchev–Trinajstić information content (AvgIpc) is 2.24. The van der Waals surface area contributed by atoms with Crippen molar-refractivity contribution in [1.82, 2.24) is 4.31 Å². The maximum atomic E-state index is 2.44. The standard InChI is InChI=1S/C12H21NS/c1-3-5-8-12-9-7-11-14-13(12)10-6-4-2/h7,9,11H,3-6,8,10H2,1-2H3. The number of nitrogens with zero attached hydrogens (tertiary/aromatic N) is 1. The Bertz CT molecular complexity index is 208. The highest BCUT2D eigenvalue weighted by molar-refractivity contribution is 8.00. The summed E-state index contributed by atoms with van der Waals surface area (Å²) in [5.74, 6) is 0. The predicted molar refractivity (Wildman–Crippen MR) is 66.0 cm³/mol. The van der Waals surface area contributed by atoms with Crippen LogP contribution in [-0.4, -0.2) is 10.8 Å². The molecule has 0 radical (unpaired) electrons. The number of rotatable bonds is 6. The van der Waals surface area contributed by atoms with Gasteiger partial charge in [-0.25, -0.2) is 0 Å². The van der Waals surface area contributed by atoms with Crippen molar-refractivity contribution < 1.29 is 0 Å². The fraction of sp³-hybridized carbons (Fsp3) is 0.667. The molecular formula is C12H21NS. The van der Waals surface area contributed by atoms with E-state index in [0.29, 0.717) is 0 Å². The molecule has 0 fully saturated rings. The van der Waals surface area contributed by atoms with Crippen LogP contribution in [0.2, 0.25) is 0 Å². The lowest BCUT2D eigenvalue weighted by Crippen LogP contribution is -2.17. The molecule has 0 N–H and O–H groups in total. The molecule has 14 heavy (non-hydrogen) atoms.